The summed E-state index contributed by atoms with van der Waals surface area (Å²) in [5.41, 5.74) is 0. The van der Waals surface area contributed by atoms with Crippen molar-refractivity contribution in [3.8, 4) is 0 Å². The van der Waals surface area contributed by atoms with E-state index in [4.69, 9.17) is 14.2 Å². The second-order valence-corrected chi connectivity index (χ2v) is 12.4. The van der Waals surface area contributed by atoms with E-state index in [0.717, 1.165) is 44.9 Å². The summed E-state index contributed by atoms with van der Waals surface area (Å²) < 4.78 is 16.0. The monoisotopic (exact) mass is 618 g/mol. The van der Waals surface area contributed by atoms with Gasteiger partial charge in [0.25, 0.3) is 0 Å². The Morgan fingerprint density at radius 3 is 1.68 bits per heavy atom. The SMILES string of the molecule is CCCCCCCCCCCCCCC(=O)OC[C@H](O)COC(=O)CCC/C=C\C/C=C\C/C=C\CC1OC1CCCCC. The molecule has 1 heterocycles. The molecule has 1 fully saturated rings. The molecule has 6 heteroatoms. The molecule has 0 aliphatic carbocycles. The number of carbonyl (C=O) groups excluding carboxylic acids is 2. The van der Waals surface area contributed by atoms with Gasteiger partial charge in [-0.3, -0.25) is 9.59 Å². The van der Waals surface area contributed by atoms with Crippen LogP contribution in [0.25, 0.3) is 0 Å². The topological polar surface area (TPSA) is 85.4 Å². The van der Waals surface area contributed by atoms with Gasteiger partial charge in [0, 0.05) is 12.8 Å². The molecule has 0 aromatic heterocycles. The van der Waals surface area contributed by atoms with Gasteiger partial charge in [0.2, 0.25) is 0 Å². The summed E-state index contributed by atoms with van der Waals surface area (Å²) in [6, 6.07) is 0. The molecule has 6 nitrogen and oxygen atoms in total. The number of allylic oxidation sites excluding steroid dienone is 5. The van der Waals surface area contributed by atoms with E-state index < -0.39 is 6.10 Å². The fourth-order valence-corrected chi connectivity index (χ4v) is 5.17. The summed E-state index contributed by atoms with van der Waals surface area (Å²) in [6.07, 6.45) is 38.0. The van der Waals surface area contributed by atoms with Crippen LogP contribution in [0, 0.1) is 0 Å². The van der Waals surface area contributed by atoms with E-state index in [-0.39, 0.29) is 25.2 Å². The van der Waals surface area contributed by atoms with Crippen LogP contribution < -0.4 is 0 Å². The van der Waals surface area contributed by atoms with Crippen molar-refractivity contribution in [1.29, 1.82) is 0 Å². The first-order chi connectivity index (χ1) is 21.6. The van der Waals surface area contributed by atoms with Gasteiger partial charge in [0.1, 0.15) is 19.3 Å². The highest BCUT2D eigenvalue weighted by atomic mass is 16.6. The molecule has 0 saturated carbocycles. The zero-order valence-corrected chi connectivity index (χ0v) is 28.4. The molecular formula is C38H66O6. The van der Waals surface area contributed by atoms with Gasteiger partial charge in [0.05, 0.1) is 12.2 Å². The van der Waals surface area contributed by atoms with Crippen molar-refractivity contribution in [2.75, 3.05) is 13.2 Å². The van der Waals surface area contributed by atoms with Crippen molar-refractivity contribution < 1.29 is 28.9 Å². The van der Waals surface area contributed by atoms with Crippen LogP contribution in [-0.4, -0.2) is 48.6 Å². The van der Waals surface area contributed by atoms with E-state index in [1.54, 1.807) is 0 Å². The van der Waals surface area contributed by atoms with E-state index in [0.29, 0.717) is 31.5 Å². The highest BCUT2D eigenvalue weighted by Crippen LogP contribution is 2.30. The van der Waals surface area contributed by atoms with Gasteiger partial charge in [-0.15, -0.1) is 0 Å². The van der Waals surface area contributed by atoms with Gasteiger partial charge < -0.3 is 19.3 Å². The van der Waals surface area contributed by atoms with Gasteiger partial charge in [0.15, 0.2) is 0 Å². The van der Waals surface area contributed by atoms with Gasteiger partial charge in [-0.2, -0.15) is 0 Å². The van der Waals surface area contributed by atoms with Crippen LogP contribution in [0.1, 0.15) is 162 Å². The first-order valence-electron chi connectivity index (χ1n) is 18.2. The van der Waals surface area contributed by atoms with Crippen molar-refractivity contribution in [2.45, 2.75) is 180 Å². The van der Waals surface area contributed by atoms with E-state index in [1.807, 2.05) is 0 Å². The van der Waals surface area contributed by atoms with Gasteiger partial charge in [-0.1, -0.05) is 140 Å². The number of epoxide rings is 1. The third kappa shape index (κ3) is 26.5. The molecule has 44 heavy (non-hydrogen) atoms. The van der Waals surface area contributed by atoms with Crippen molar-refractivity contribution in [3.63, 3.8) is 0 Å². The molecule has 1 aliphatic rings. The predicted octanol–water partition coefficient (Wildman–Crippen LogP) is 9.88. The van der Waals surface area contributed by atoms with Crippen LogP contribution in [0.3, 0.4) is 0 Å². The smallest absolute Gasteiger partial charge is 0.305 e. The van der Waals surface area contributed by atoms with Crippen LogP contribution in [0.15, 0.2) is 36.5 Å². The summed E-state index contributed by atoms with van der Waals surface area (Å²) in [6.45, 7) is 4.20. The standard InChI is InChI=1S/C38H66O6/c1-3-5-7-8-9-10-11-12-16-19-22-26-30-37(40)42-32-34(39)33-43-38(41)31-27-23-20-17-14-13-15-18-21-25-29-36-35(44-36)28-24-6-4-2/h13,15,17,20-21,25,34-36,39H,3-12,14,16,18-19,22-24,26-33H2,1-2H3/b15-13-,20-17-,25-21-/t34-,35?,36?/m0/s1. The van der Waals surface area contributed by atoms with Gasteiger partial charge in [-0.25, -0.2) is 0 Å². The van der Waals surface area contributed by atoms with E-state index >= 15 is 0 Å². The Hall–Kier alpha value is -1.92. The fourth-order valence-electron chi connectivity index (χ4n) is 5.17. The summed E-state index contributed by atoms with van der Waals surface area (Å²) in [4.78, 5) is 23.8. The highest BCUT2D eigenvalue weighted by molar-refractivity contribution is 5.69. The Kier molecular flexibility index (Phi) is 27.1. The predicted molar refractivity (Wildman–Crippen MR) is 182 cm³/mol. The summed E-state index contributed by atoms with van der Waals surface area (Å²) in [7, 11) is 0. The number of rotatable bonds is 31. The minimum atomic E-state index is -0.985. The Bertz CT molecular complexity index is 773. The number of hydrogen-bond donors (Lipinski definition) is 1. The van der Waals surface area contributed by atoms with Crippen LogP contribution in [0.5, 0.6) is 0 Å². The summed E-state index contributed by atoms with van der Waals surface area (Å²) >= 11 is 0. The molecule has 1 saturated heterocycles. The maximum atomic E-state index is 11.9. The molecule has 1 N–H and O–H groups in total. The largest absolute Gasteiger partial charge is 0.463 e. The molecule has 2 unspecified atom stereocenters. The number of esters is 2. The number of ether oxygens (including phenoxy) is 3. The number of carbonyl (C=O) groups is 2. The highest BCUT2D eigenvalue weighted by Gasteiger charge is 2.36. The molecular weight excluding hydrogens is 552 g/mol. The quantitative estimate of drug-likeness (QED) is 0.0360. The number of aliphatic hydroxyl groups excluding tert-OH is 1. The molecule has 254 valence electrons. The lowest BCUT2D eigenvalue weighted by atomic mass is 10.0. The van der Waals surface area contributed by atoms with Crippen molar-refractivity contribution in [3.05, 3.63) is 36.5 Å². The third-order valence-corrected chi connectivity index (χ3v) is 8.05. The van der Waals surface area contributed by atoms with E-state index in [1.165, 1.54) is 83.5 Å². The van der Waals surface area contributed by atoms with E-state index in [2.05, 4.69) is 50.3 Å². The molecule has 0 spiro atoms. The third-order valence-electron chi connectivity index (χ3n) is 8.05. The Labute approximate surface area is 270 Å². The van der Waals surface area contributed by atoms with Crippen LogP contribution in [0.2, 0.25) is 0 Å². The summed E-state index contributed by atoms with van der Waals surface area (Å²) in [5, 5.41) is 9.97. The molecule has 0 aromatic carbocycles. The molecule has 3 atom stereocenters. The first-order valence-corrected chi connectivity index (χ1v) is 18.2. The molecule has 1 aliphatic heterocycles. The lowest BCUT2D eigenvalue weighted by Crippen LogP contribution is -2.25. The Morgan fingerprint density at radius 1 is 0.614 bits per heavy atom. The second-order valence-electron chi connectivity index (χ2n) is 12.4. The fraction of sp³-hybridized carbons (Fsp3) is 0.789. The maximum absolute atomic E-state index is 11.9. The average molecular weight is 619 g/mol. The Balaban J connectivity index is 1.87. The second kappa shape index (κ2) is 29.8. The molecule has 0 radical (unpaired) electrons. The zero-order chi connectivity index (χ0) is 31.9. The number of aliphatic hydroxyl groups is 1. The normalized spacial score (nSPS) is 17.2. The number of unbranched alkanes of at least 4 members (excludes halogenated alkanes) is 14. The summed E-state index contributed by atoms with van der Waals surface area (Å²) in [5.74, 6) is -0.633. The van der Waals surface area contributed by atoms with Crippen LogP contribution in [-0.2, 0) is 23.8 Å². The maximum Gasteiger partial charge on any atom is 0.305 e. The lowest BCUT2D eigenvalue weighted by molar-refractivity contribution is -0.152. The molecule has 0 aromatic rings. The van der Waals surface area contributed by atoms with E-state index in [9.17, 15) is 14.7 Å². The lowest BCUT2D eigenvalue weighted by Gasteiger charge is -2.12. The molecule has 1 rings (SSSR count). The Morgan fingerprint density at radius 2 is 1.09 bits per heavy atom. The number of hydrogen-bond acceptors (Lipinski definition) is 6. The van der Waals surface area contributed by atoms with Crippen LogP contribution in [0.4, 0.5) is 0 Å². The molecule has 0 bridgehead atoms. The van der Waals surface area contributed by atoms with Gasteiger partial charge >= 0.3 is 11.9 Å². The minimum absolute atomic E-state index is 0.134. The molecule has 0 amide bonds. The van der Waals surface area contributed by atoms with Crippen molar-refractivity contribution in [1.82, 2.24) is 0 Å². The van der Waals surface area contributed by atoms with Gasteiger partial charge in [-0.05, 0) is 44.9 Å². The van der Waals surface area contributed by atoms with Crippen LogP contribution >= 0.6 is 0 Å². The first kappa shape index (κ1) is 40.1. The minimum Gasteiger partial charge on any atom is -0.463 e. The zero-order valence-electron chi connectivity index (χ0n) is 28.4. The van der Waals surface area contributed by atoms with Crippen molar-refractivity contribution >= 4 is 11.9 Å². The average Bonchev–Trinajstić information content (AvgIpc) is 3.77. The van der Waals surface area contributed by atoms with Crippen molar-refractivity contribution in [2.24, 2.45) is 0 Å².